The zero-order valence-electron chi connectivity index (χ0n) is 15.3. The molecule has 3 rings (SSSR count). The molecule has 2 aromatic rings. The Balaban J connectivity index is 1.75. The molecule has 0 bridgehead atoms. The van der Waals surface area contributed by atoms with Gasteiger partial charge in [-0.2, -0.15) is 0 Å². The molecule has 0 saturated heterocycles. The molecule has 1 N–H and O–H groups in total. The van der Waals surface area contributed by atoms with Crippen LogP contribution in [0.5, 0.6) is 17.2 Å². The molecule has 0 aromatic heterocycles. The van der Waals surface area contributed by atoms with Crippen molar-refractivity contribution in [3.8, 4) is 17.2 Å². The predicted octanol–water partition coefficient (Wildman–Crippen LogP) is 2.38. The minimum Gasteiger partial charge on any atom is -0.489 e. The second-order valence-electron chi connectivity index (χ2n) is 5.98. The van der Waals surface area contributed by atoms with Crippen LogP contribution in [0.4, 0.5) is 11.4 Å². The van der Waals surface area contributed by atoms with E-state index in [4.69, 9.17) is 14.2 Å². The first kappa shape index (κ1) is 19.6. The quantitative estimate of drug-likeness (QED) is 0.679. The lowest BCUT2D eigenvalue weighted by Crippen LogP contribution is -2.37. The van der Waals surface area contributed by atoms with Gasteiger partial charge in [0.1, 0.15) is 18.9 Å². The number of fused-ring (bicyclic) bond motifs is 1. The van der Waals surface area contributed by atoms with Crippen molar-refractivity contribution in [2.45, 2.75) is 0 Å². The maximum absolute atomic E-state index is 12.5. The Morgan fingerprint density at radius 2 is 2.04 bits per heavy atom. The van der Waals surface area contributed by atoms with E-state index in [1.165, 1.54) is 6.07 Å². The summed E-state index contributed by atoms with van der Waals surface area (Å²) in [6.45, 7) is 3.59. The van der Waals surface area contributed by atoms with Gasteiger partial charge in [0, 0.05) is 17.8 Å². The van der Waals surface area contributed by atoms with Crippen LogP contribution < -0.4 is 23.8 Å². The fourth-order valence-electron chi connectivity index (χ4n) is 2.59. The van der Waals surface area contributed by atoms with E-state index in [0.717, 1.165) is 10.6 Å². The molecule has 0 saturated carbocycles. The summed E-state index contributed by atoms with van der Waals surface area (Å²) in [6, 6.07) is 11.5. The first-order valence-electron chi connectivity index (χ1n) is 8.38. The number of carbonyl (C=O) groups excluding carboxylic acids is 1. The molecule has 0 unspecified atom stereocenters. The lowest BCUT2D eigenvalue weighted by molar-refractivity contribution is -0.114. The van der Waals surface area contributed by atoms with E-state index >= 15 is 0 Å². The Hall–Kier alpha value is -3.20. The summed E-state index contributed by atoms with van der Waals surface area (Å²) in [6.07, 6.45) is 2.65. The van der Waals surface area contributed by atoms with E-state index in [0.29, 0.717) is 35.2 Å². The Kier molecular flexibility index (Phi) is 5.74. The van der Waals surface area contributed by atoms with Crippen LogP contribution >= 0.6 is 0 Å². The first-order chi connectivity index (χ1) is 13.4. The average Bonchev–Trinajstić information content (AvgIpc) is 3.11. The normalized spacial score (nSPS) is 12.3. The van der Waals surface area contributed by atoms with Gasteiger partial charge >= 0.3 is 0 Å². The maximum Gasteiger partial charge on any atom is 0.245 e. The molecule has 0 aliphatic carbocycles. The molecule has 1 amide bonds. The van der Waals surface area contributed by atoms with E-state index in [-0.39, 0.29) is 6.79 Å². The molecular formula is C19H20N2O6S. The van der Waals surface area contributed by atoms with Crippen molar-refractivity contribution < 1.29 is 27.4 Å². The van der Waals surface area contributed by atoms with Crippen LogP contribution in [0.25, 0.3) is 0 Å². The van der Waals surface area contributed by atoms with Gasteiger partial charge in [0.2, 0.25) is 22.7 Å². The van der Waals surface area contributed by atoms with Gasteiger partial charge in [0.15, 0.2) is 11.5 Å². The van der Waals surface area contributed by atoms with Crippen LogP contribution in [-0.2, 0) is 14.8 Å². The highest BCUT2D eigenvalue weighted by molar-refractivity contribution is 7.92. The fourth-order valence-corrected chi connectivity index (χ4v) is 3.44. The largest absolute Gasteiger partial charge is 0.489 e. The van der Waals surface area contributed by atoms with Gasteiger partial charge < -0.3 is 19.5 Å². The fraction of sp³-hybridized carbons (Fsp3) is 0.211. The highest BCUT2D eigenvalue weighted by Crippen LogP contribution is 2.36. The molecule has 1 aliphatic rings. The van der Waals surface area contributed by atoms with Crippen LogP contribution in [0.15, 0.2) is 55.1 Å². The van der Waals surface area contributed by atoms with Crippen molar-refractivity contribution in [3.63, 3.8) is 0 Å². The Labute approximate surface area is 163 Å². The van der Waals surface area contributed by atoms with Gasteiger partial charge in [0.25, 0.3) is 0 Å². The summed E-state index contributed by atoms with van der Waals surface area (Å²) in [5.74, 6) is 1.02. The van der Waals surface area contributed by atoms with Crippen molar-refractivity contribution in [2.75, 3.05) is 35.8 Å². The summed E-state index contributed by atoms with van der Waals surface area (Å²) in [7, 11) is -3.70. The molecule has 9 heteroatoms. The summed E-state index contributed by atoms with van der Waals surface area (Å²) in [5.41, 5.74) is 0.802. The molecule has 0 fully saturated rings. The highest BCUT2D eigenvalue weighted by atomic mass is 32.2. The summed E-state index contributed by atoms with van der Waals surface area (Å²) in [4.78, 5) is 12.5. The number of benzene rings is 2. The minimum atomic E-state index is -3.70. The zero-order chi connectivity index (χ0) is 20.1. The Morgan fingerprint density at radius 1 is 1.25 bits per heavy atom. The van der Waals surface area contributed by atoms with Crippen molar-refractivity contribution in [2.24, 2.45) is 0 Å². The number of sulfonamides is 1. The third-order valence-corrected chi connectivity index (χ3v) is 4.96. The molecule has 1 heterocycles. The number of hydrogen-bond acceptors (Lipinski definition) is 6. The van der Waals surface area contributed by atoms with Crippen LogP contribution in [-0.4, -0.2) is 40.5 Å². The molecule has 0 radical (unpaired) electrons. The topological polar surface area (TPSA) is 94.2 Å². The van der Waals surface area contributed by atoms with Gasteiger partial charge in [-0.05, 0) is 24.3 Å². The van der Waals surface area contributed by atoms with E-state index in [9.17, 15) is 13.2 Å². The molecular weight excluding hydrogens is 384 g/mol. The molecule has 28 heavy (non-hydrogen) atoms. The SMILES string of the molecule is C=CCOc1cccc(NC(=O)CN(c2ccc3c(c2)OCO3)S(C)(=O)=O)c1. The van der Waals surface area contributed by atoms with Crippen LogP contribution in [0.1, 0.15) is 0 Å². The average molecular weight is 404 g/mol. The van der Waals surface area contributed by atoms with E-state index in [1.807, 2.05) is 0 Å². The predicted molar refractivity (Wildman–Crippen MR) is 106 cm³/mol. The van der Waals surface area contributed by atoms with E-state index in [2.05, 4.69) is 11.9 Å². The van der Waals surface area contributed by atoms with E-state index in [1.54, 1.807) is 42.5 Å². The number of anilines is 2. The van der Waals surface area contributed by atoms with Gasteiger partial charge in [-0.25, -0.2) is 8.42 Å². The van der Waals surface area contributed by atoms with Crippen LogP contribution in [0, 0.1) is 0 Å². The molecule has 148 valence electrons. The third kappa shape index (κ3) is 4.74. The molecule has 0 atom stereocenters. The second kappa shape index (κ2) is 8.22. The molecule has 0 spiro atoms. The third-order valence-electron chi connectivity index (χ3n) is 3.82. The Morgan fingerprint density at radius 3 is 2.79 bits per heavy atom. The minimum absolute atomic E-state index is 0.0718. The second-order valence-corrected chi connectivity index (χ2v) is 7.89. The maximum atomic E-state index is 12.5. The molecule has 2 aromatic carbocycles. The molecule has 1 aliphatic heterocycles. The van der Waals surface area contributed by atoms with Crippen molar-refractivity contribution >= 4 is 27.3 Å². The van der Waals surface area contributed by atoms with Gasteiger partial charge in [-0.1, -0.05) is 18.7 Å². The monoisotopic (exact) mass is 404 g/mol. The number of nitrogens with zero attached hydrogens (tertiary/aromatic N) is 1. The smallest absolute Gasteiger partial charge is 0.245 e. The van der Waals surface area contributed by atoms with Gasteiger partial charge in [-0.15, -0.1) is 0 Å². The number of carbonyl (C=O) groups is 1. The van der Waals surface area contributed by atoms with Crippen molar-refractivity contribution in [3.05, 3.63) is 55.1 Å². The number of ether oxygens (including phenoxy) is 3. The van der Waals surface area contributed by atoms with Gasteiger partial charge in [-0.3, -0.25) is 9.10 Å². The number of nitrogens with one attached hydrogen (secondary N) is 1. The summed E-state index contributed by atoms with van der Waals surface area (Å²) >= 11 is 0. The van der Waals surface area contributed by atoms with Crippen LogP contribution in [0.3, 0.4) is 0 Å². The van der Waals surface area contributed by atoms with Crippen molar-refractivity contribution in [1.82, 2.24) is 0 Å². The standard InChI is InChI=1S/C19H20N2O6S/c1-3-9-25-16-6-4-5-14(10-16)20-19(22)12-21(28(2,23)24)15-7-8-17-18(11-15)27-13-26-17/h3-8,10-11H,1,9,12-13H2,2H3,(H,20,22). The molecule has 8 nitrogen and oxygen atoms in total. The Bertz CT molecular complexity index is 990. The highest BCUT2D eigenvalue weighted by Gasteiger charge is 2.24. The lowest BCUT2D eigenvalue weighted by atomic mass is 10.2. The van der Waals surface area contributed by atoms with Crippen LogP contribution in [0.2, 0.25) is 0 Å². The van der Waals surface area contributed by atoms with E-state index < -0.39 is 22.5 Å². The number of rotatable bonds is 8. The number of hydrogen-bond donors (Lipinski definition) is 1. The zero-order valence-corrected chi connectivity index (χ0v) is 16.1. The first-order valence-corrected chi connectivity index (χ1v) is 10.2. The van der Waals surface area contributed by atoms with Gasteiger partial charge in [0.05, 0.1) is 11.9 Å². The number of amides is 1. The summed E-state index contributed by atoms with van der Waals surface area (Å²) in [5, 5.41) is 2.68. The van der Waals surface area contributed by atoms with Crippen molar-refractivity contribution in [1.29, 1.82) is 0 Å². The lowest BCUT2D eigenvalue weighted by Gasteiger charge is -2.22. The summed E-state index contributed by atoms with van der Waals surface area (Å²) < 4.78 is 41.4.